The molecule has 0 saturated heterocycles. The number of halogens is 3. The predicted octanol–water partition coefficient (Wildman–Crippen LogP) is 4.51. The monoisotopic (exact) mass is 389 g/mol. The Morgan fingerprint density at radius 2 is 1.86 bits per heavy atom. The number of hydrogen-bond acceptors (Lipinski definition) is 3. The van der Waals surface area contributed by atoms with E-state index in [9.17, 15) is 18.0 Å². The van der Waals surface area contributed by atoms with E-state index >= 15 is 0 Å². The van der Waals surface area contributed by atoms with E-state index < -0.39 is 11.7 Å². The fraction of sp³-hybridized carbons (Fsp3) is 0.200. The molecule has 0 aliphatic carbocycles. The molecule has 3 rings (SSSR count). The largest absolute Gasteiger partial charge is 0.457 e. The van der Waals surface area contributed by atoms with Crippen LogP contribution in [-0.4, -0.2) is 22.0 Å². The second-order valence-corrected chi connectivity index (χ2v) is 6.07. The van der Waals surface area contributed by atoms with Crippen LogP contribution in [0.5, 0.6) is 11.5 Å². The van der Waals surface area contributed by atoms with E-state index in [1.807, 2.05) is 10.8 Å². The number of rotatable bonds is 7. The first-order valence-electron chi connectivity index (χ1n) is 8.61. The van der Waals surface area contributed by atoms with Gasteiger partial charge in [-0.25, -0.2) is 4.98 Å². The summed E-state index contributed by atoms with van der Waals surface area (Å²) in [6.45, 7) is 1.22. The number of aryl methyl sites for hydroxylation is 1. The number of alkyl halides is 3. The van der Waals surface area contributed by atoms with E-state index in [0.29, 0.717) is 12.1 Å². The van der Waals surface area contributed by atoms with Crippen LogP contribution in [0, 0.1) is 0 Å². The first-order valence-corrected chi connectivity index (χ1v) is 8.61. The SMILES string of the molecule is O=C(NCCCn1ccnc1)c1cccc(Oc2cccc(C(F)(F)F)c2)c1. The summed E-state index contributed by atoms with van der Waals surface area (Å²) in [6.07, 6.45) is 1.53. The van der Waals surface area contributed by atoms with Gasteiger partial charge in [0.1, 0.15) is 11.5 Å². The highest BCUT2D eigenvalue weighted by Crippen LogP contribution is 2.32. The summed E-state index contributed by atoms with van der Waals surface area (Å²) >= 11 is 0. The van der Waals surface area contributed by atoms with E-state index in [1.54, 1.807) is 30.7 Å². The van der Waals surface area contributed by atoms with E-state index in [1.165, 1.54) is 18.2 Å². The molecule has 0 radical (unpaired) electrons. The molecule has 0 aliphatic rings. The fourth-order valence-electron chi connectivity index (χ4n) is 2.56. The van der Waals surface area contributed by atoms with Crippen molar-refractivity contribution in [1.29, 1.82) is 0 Å². The van der Waals surface area contributed by atoms with Crippen LogP contribution >= 0.6 is 0 Å². The van der Waals surface area contributed by atoms with Gasteiger partial charge < -0.3 is 14.6 Å². The van der Waals surface area contributed by atoms with Crippen LogP contribution in [0.3, 0.4) is 0 Å². The number of ether oxygens (including phenoxy) is 1. The summed E-state index contributed by atoms with van der Waals surface area (Å²) in [5.74, 6) is 0.0539. The van der Waals surface area contributed by atoms with E-state index in [4.69, 9.17) is 4.74 Å². The Labute approximate surface area is 159 Å². The lowest BCUT2D eigenvalue weighted by molar-refractivity contribution is -0.137. The first kappa shape index (κ1) is 19.5. The fourth-order valence-corrected chi connectivity index (χ4v) is 2.56. The third-order valence-electron chi connectivity index (χ3n) is 3.93. The number of aromatic nitrogens is 2. The van der Waals surface area contributed by atoms with Gasteiger partial charge in [0.25, 0.3) is 5.91 Å². The first-order chi connectivity index (χ1) is 13.4. The Bertz CT molecular complexity index is 924. The summed E-state index contributed by atoms with van der Waals surface area (Å²) in [6, 6.07) is 10.9. The maximum absolute atomic E-state index is 12.8. The maximum Gasteiger partial charge on any atom is 0.416 e. The van der Waals surface area contributed by atoms with E-state index in [2.05, 4.69) is 10.3 Å². The van der Waals surface area contributed by atoms with Crippen molar-refractivity contribution in [2.75, 3.05) is 6.54 Å². The second-order valence-electron chi connectivity index (χ2n) is 6.07. The van der Waals surface area contributed by atoms with Gasteiger partial charge in [-0.15, -0.1) is 0 Å². The molecule has 0 saturated carbocycles. The van der Waals surface area contributed by atoms with Crippen molar-refractivity contribution in [2.24, 2.45) is 0 Å². The van der Waals surface area contributed by atoms with Gasteiger partial charge in [0.2, 0.25) is 0 Å². The Morgan fingerprint density at radius 3 is 2.57 bits per heavy atom. The van der Waals surface area contributed by atoms with E-state index in [0.717, 1.165) is 25.1 Å². The van der Waals surface area contributed by atoms with Gasteiger partial charge in [0.15, 0.2) is 0 Å². The zero-order valence-corrected chi connectivity index (χ0v) is 14.8. The Balaban J connectivity index is 1.58. The number of amides is 1. The van der Waals surface area contributed by atoms with Crippen molar-refractivity contribution < 1.29 is 22.7 Å². The molecule has 3 aromatic rings. The minimum absolute atomic E-state index is 0.0488. The molecule has 0 spiro atoms. The number of carbonyl (C=O) groups is 1. The minimum Gasteiger partial charge on any atom is -0.457 e. The predicted molar refractivity (Wildman–Crippen MR) is 97.1 cm³/mol. The van der Waals surface area contributed by atoms with Gasteiger partial charge in [-0.05, 0) is 42.8 Å². The van der Waals surface area contributed by atoms with Crippen LogP contribution < -0.4 is 10.1 Å². The quantitative estimate of drug-likeness (QED) is 0.605. The molecule has 5 nitrogen and oxygen atoms in total. The molecular weight excluding hydrogens is 371 g/mol. The third kappa shape index (κ3) is 5.35. The number of hydrogen-bond donors (Lipinski definition) is 1. The summed E-state index contributed by atoms with van der Waals surface area (Å²) < 4.78 is 45.8. The smallest absolute Gasteiger partial charge is 0.416 e. The molecule has 146 valence electrons. The van der Waals surface area contributed by atoms with Crippen LogP contribution in [0.15, 0.2) is 67.3 Å². The van der Waals surface area contributed by atoms with Crippen LogP contribution in [0.25, 0.3) is 0 Å². The van der Waals surface area contributed by atoms with Crippen LogP contribution in [0.1, 0.15) is 22.3 Å². The lowest BCUT2D eigenvalue weighted by Crippen LogP contribution is -2.25. The zero-order valence-electron chi connectivity index (χ0n) is 14.8. The molecule has 0 bridgehead atoms. The van der Waals surface area contributed by atoms with Crippen molar-refractivity contribution in [3.05, 3.63) is 78.4 Å². The molecular formula is C20H18F3N3O2. The topological polar surface area (TPSA) is 56.2 Å². The number of benzene rings is 2. The third-order valence-corrected chi connectivity index (χ3v) is 3.93. The molecule has 0 fully saturated rings. The zero-order chi connectivity index (χ0) is 20.0. The molecule has 1 aromatic heterocycles. The van der Waals surface area contributed by atoms with Crippen molar-refractivity contribution in [3.8, 4) is 11.5 Å². The normalized spacial score (nSPS) is 11.2. The number of nitrogens with one attached hydrogen (secondary N) is 1. The highest BCUT2D eigenvalue weighted by Gasteiger charge is 2.30. The van der Waals surface area contributed by atoms with Crippen molar-refractivity contribution in [1.82, 2.24) is 14.9 Å². The number of imidazole rings is 1. The molecule has 0 unspecified atom stereocenters. The number of carbonyl (C=O) groups excluding carboxylic acids is 1. The molecule has 1 amide bonds. The highest BCUT2D eigenvalue weighted by molar-refractivity contribution is 5.94. The molecule has 8 heteroatoms. The highest BCUT2D eigenvalue weighted by atomic mass is 19.4. The van der Waals surface area contributed by atoms with Gasteiger partial charge in [0.05, 0.1) is 11.9 Å². The molecule has 0 atom stereocenters. The Morgan fingerprint density at radius 1 is 1.11 bits per heavy atom. The van der Waals surface area contributed by atoms with Gasteiger partial charge in [-0.3, -0.25) is 4.79 Å². The lowest BCUT2D eigenvalue weighted by Gasteiger charge is -2.11. The van der Waals surface area contributed by atoms with Gasteiger partial charge in [-0.1, -0.05) is 12.1 Å². The van der Waals surface area contributed by atoms with Crippen molar-refractivity contribution in [3.63, 3.8) is 0 Å². The maximum atomic E-state index is 12.8. The average Bonchev–Trinajstić information content (AvgIpc) is 3.18. The molecule has 1 heterocycles. The summed E-state index contributed by atoms with van der Waals surface area (Å²) in [7, 11) is 0. The van der Waals surface area contributed by atoms with Gasteiger partial charge >= 0.3 is 6.18 Å². The standard InChI is InChI=1S/C20H18F3N3O2/c21-20(22,23)16-5-2-7-18(13-16)28-17-6-1-4-15(12-17)19(27)25-8-3-10-26-11-9-24-14-26/h1-2,4-7,9,11-14H,3,8,10H2,(H,25,27). The summed E-state index contributed by atoms with van der Waals surface area (Å²) in [4.78, 5) is 16.2. The number of nitrogens with zero attached hydrogens (tertiary/aromatic N) is 2. The molecule has 2 aromatic carbocycles. The Kier molecular flexibility index (Phi) is 5.98. The van der Waals surface area contributed by atoms with E-state index in [-0.39, 0.29) is 17.4 Å². The van der Waals surface area contributed by atoms with Crippen LogP contribution in [0.2, 0.25) is 0 Å². The summed E-state index contributed by atoms with van der Waals surface area (Å²) in [5.41, 5.74) is -0.427. The Hall–Kier alpha value is -3.29. The average molecular weight is 389 g/mol. The molecule has 1 N–H and O–H groups in total. The molecule has 28 heavy (non-hydrogen) atoms. The van der Waals surface area contributed by atoms with Crippen molar-refractivity contribution in [2.45, 2.75) is 19.1 Å². The van der Waals surface area contributed by atoms with Crippen LogP contribution in [-0.2, 0) is 12.7 Å². The second kappa shape index (κ2) is 8.60. The van der Waals surface area contributed by atoms with Gasteiger partial charge in [-0.2, -0.15) is 13.2 Å². The summed E-state index contributed by atoms with van der Waals surface area (Å²) in [5, 5.41) is 2.80. The van der Waals surface area contributed by atoms with Crippen molar-refractivity contribution >= 4 is 5.91 Å². The lowest BCUT2D eigenvalue weighted by atomic mass is 10.2. The van der Waals surface area contributed by atoms with Gasteiger partial charge in [0, 0.05) is 31.0 Å². The minimum atomic E-state index is -4.45. The molecule has 0 aliphatic heterocycles. The van der Waals surface area contributed by atoms with Crippen LogP contribution in [0.4, 0.5) is 13.2 Å².